The highest BCUT2D eigenvalue weighted by atomic mass is 35.5. The third-order valence-corrected chi connectivity index (χ3v) is 4.56. The molecule has 1 fully saturated rings. The lowest BCUT2D eigenvalue weighted by Crippen LogP contribution is -2.53. The van der Waals surface area contributed by atoms with Crippen LogP contribution in [0.2, 0.25) is 5.02 Å². The fraction of sp³-hybridized carbons (Fsp3) is 0.562. The molecule has 1 aliphatic rings. The van der Waals surface area contributed by atoms with E-state index in [0.717, 1.165) is 30.2 Å². The highest BCUT2D eigenvalue weighted by Gasteiger charge is 2.24. The molecule has 1 aromatic carbocycles. The molecule has 1 heterocycles. The lowest BCUT2D eigenvalue weighted by molar-refractivity contribution is -0.133. The Morgan fingerprint density at radius 1 is 1.45 bits per heavy atom. The van der Waals surface area contributed by atoms with Crippen molar-refractivity contribution in [3.8, 4) is 0 Å². The molecule has 0 spiro atoms. The second-order valence-electron chi connectivity index (χ2n) is 5.76. The van der Waals surface area contributed by atoms with E-state index in [-0.39, 0.29) is 24.4 Å². The minimum Gasteiger partial charge on any atom is -0.338 e. The van der Waals surface area contributed by atoms with Crippen molar-refractivity contribution in [3.05, 3.63) is 34.9 Å². The minimum atomic E-state index is 0. The van der Waals surface area contributed by atoms with Crippen molar-refractivity contribution in [3.63, 3.8) is 0 Å². The van der Waals surface area contributed by atoms with Gasteiger partial charge in [-0.2, -0.15) is 0 Å². The molecular formula is C16H25Cl2N3O. The molecule has 124 valence electrons. The Morgan fingerprint density at radius 3 is 2.68 bits per heavy atom. The molecule has 0 saturated carbocycles. The summed E-state index contributed by atoms with van der Waals surface area (Å²) in [6.45, 7) is 7.51. The number of carbonyl (C=O) groups excluding carboxylic acids is 1. The van der Waals surface area contributed by atoms with E-state index in [4.69, 9.17) is 11.6 Å². The van der Waals surface area contributed by atoms with Crippen molar-refractivity contribution in [2.75, 3.05) is 33.2 Å². The normalized spacial score (nSPS) is 20.1. The van der Waals surface area contributed by atoms with E-state index in [9.17, 15) is 4.79 Å². The summed E-state index contributed by atoms with van der Waals surface area (Å²) in [6.07, 6.45) is 0. The van der Waals surface area contributed by atoms with E-state index < -0.39 is 0 Å². The van der Waals surface area contributed by atoms with Gasteiger partial charge in [-0.15, -0.1) is 12.4 Å². The number of rotatable bonds is 4. The maximum atomic E-state index is 12.5. The molecule has 1 N–H and O–H groups in total. The number of hydrogen-bond donors (Lipinski definition) is 1. The number of benzene rings is 1. The molecule has 1 amide bonds. The summed E-state index contributed by atoms with van der Waals surface area (Å²) in [5.74, 6) is 0.159. The van der Waals surface area contributed by atoms with Crippen LogP contribution in [0.1, 0.15) is 25.5 Å². The van der Waals surface area contributed by atoms with Crippen molar-refractivity contribution in [1.29, 1.82) is 0 Å². The molecule has 0 aliphatic carbocycles. The number of carbonyl (C=O) groups is 1. The highest BCUT2D eigenvalue weighted by molar-refractivity contribution is 6.30. The van der Waals surface area contributed by atoms with E-state index in [0.29, 0.717) is 12.6 Å². The number of amides is 1. The Hall–Kier alpha value is -0.810. The van der Waals surface area contributed by atoms with Gasteiger partial charge in [0.1, 0.15) is 0 Å². The second kappa shape index (κ2) is 8.73. The average molecular weight is 346 g/mol. The summed E-state index contributed by atoms with van der Waals surface area (Å²) in [5.41, 5.74) is 1.10. The van der Waals surface area contributed by atoms with Crippen molar-refractivity contribution in [1.82, 2.24) is 15.1 Å². The van der Waals surface area contributed by atoms with Crippen LogP contribution in [-0.2, 0) is 4.79 Å². The maximum absolute atomic E-state index is 12.5. The molecule has 22 heavy (non-hydrogen) atoms. The van der Waals surface area contributed by atoms with Crippen LogP contribution in [0.3, 0.4) is 0 Å². The molecule has 1 aliphatic heterocycles. The average Bonchev–Trinajstić information content (AvgIpc) is 2.49. The topological polar surface area (TPSA) is 35.6 Å². The first-order valence-corrected chi connectivity index (χ1v) is 7.82. The third kappa shape index (κ3) is 4.85. The van der Waals surface area contributed by atoms with E-state index in [2.05, 4.69) is 17.1 Å². The minimum absolute atomic E-state index is 0. The summed E-state index contributed by atoms with van der Waals surface area (Å²) < 4.78 is 0. The van der Waals surface area contributed by atoms with Crippen molar-refractivity contribution in [2.45, 2.75) is 25.9 Å². The Labute approximate surface area is 144 Å². The van der Waals surface area contributed by atoms with Gasteiger partial charge in [0.25, 0.3) is 0 Å². The smallest absolute Gasteiger partial charge is 0.237 e. The molecule has 0 radical (unpaired) electrons. The van der Waals surface area contributed by atoms with Gasteiger partial charge in [-0.1, -0.05) is 23.7 Å². The number of likely N-dealkylation sites (N-methyl/N-ethyl adjacent to an activating group) is 1. The second-order valence-corrected chi connectivity index (χ2v) is 6.19. The number of nitrogens with one attached hydrogen (secondary N) is 1. The molecule has 1 aromatic rings. The fourth-order valence-corrected chi connectivity index (χ4v) is 2.71. The van der Waals surface area contributed by atoms with E-state index in [1.807, 2.05) is 43.1 Å². The summed E-state index contributed by atoms with van der Waals surface area (Å²) in [6, 6.07) is 8.14. The zero-order chi connectivity index (χ0) is 15.4. The Balaban J connectivity index is 0.00000242. The van der Waals surface area contributed by atoms with E-state index in [1.165, 1.54) is 0 Å². The van der Waals surface area contributed by atoms with Crippen LogP contribution in [0.25, 0.3) is 0 Å². The van der Waals surface area contributed by atoms with Gasteiger partial charge in [-0.3, -0.25) is 9.69 Å². The highest BCUT2D eigenvalue weighted by Crippen LogP contribution is 2.21. The van der Waals surface area contributed by atoms with E-state index in [1.54, 1.807) is 0 Å². The molecule has 1 unspecified atom stereocenters. The number of halogens is 2. The molecule has 6 heteroatoms. The number of hydrogen-bond acceptors (Lipinski definition) is 3. The monoisotopic (exact) mass is 345 g/mol. The predicted octanol–water partition coefficient (Wildman–Crippen LogP) is 2.57. The maximum Gasteiger partial charge on any atom is 0.237 e. The van der Waals surface area contributed by atoms with Crippen LogP contribution in [0, 0.1) is 0 Å². The predicted molar refractivity (Wildman–Crippen MR) is 93.8 cm³/mol. The first kappa shape index (κ1) is 19.2. The van der Waals surface area contributed by atoms with Crippen LogP contribution >= 0.6 is 24.0 Å². The Morgan fingerprint density at radius 2 is 2.09 bits per heavy atom. The van der Waals surface area contributed by atoms with Crippen LogP contribution in [0.5, 0.6) is 0 Å². The summed E-state index contributed by atoms with van der Waals surface area (Å²) in [5, 5.41) is 4.06. The van der Waals surface area contributed by atoms with Crippen molar-refractivity contribution >= 4 is 29.9 Å². The van der Waals surface area contributed by atoms with Gasteiger partial charge in [0, 0.05) is 37.7 Å². The molecule has 0 aromatic heterocycles. The van der Waals surface area contributed by atoms with Gasteiger partial charge in [-0.25, -0.2) is 0 Å². The third-order valence-electron chi connectivity index (χ3n) is 4.30. The van der Waals surface area contributed by atoms with Crippen molar-refractivity contribution in [2.24, 2.45) is 0 Å². The van der Waals surface area contributed by atoms with Gasteiger partial charge in [0.05, 0.1) is 12.6 Å². The Bertz CT molecular complexity index is 481. The fourth-order valence-electron chi connectivity index (χ4n) is 2.58. The SMILES string of the molecule is CC(c1ccc(Cl)cc1)N(C)C(=O)CN1CCNC[C@@H]1C.Cl. The quantitative estimate of drug-likeness (QED) is 0.910. The van der Waals surface area contributed by atoms with Crippen LogP contribution in [0.4, 0.5) is 0 Å². The van der Waals surface area contributed by atoms with Crippen LogP contribution in [-0.4, -0.2) is 55.0 Å². The molecule has 1 saturated heterocycles. The van der Waals surface area contributed by atoms with Gasteiger partial charge >= 0.3 is 0 Å². The Kier molecular flexibility index (Phi) is 7.63. The zero-order valence-electron chi connectivity index (χ0n) is 13.4. The lowest BCUT2D eigenvalue weighted by Gasteiger charge is -2.35. The van der Waals surface area contributed by atoms with Gasteiger partial charge in [0.2, 0.25) is 5.91 Å². The largest absolute Gasteiger partial charge is 0.338 e. The first-order chi connectivity index (χ1) is 9.99. The lowest BCUT2D eigenvalue weighted by atomic mass is 10.1. The summed E-state index contributed by atoms with van der Waals surface area (Å²) in [4.78, 5) is 16.5. The summed E-state index contributed by atoms with van der Waals surface area (Å²) in [7, 11) is 1.87. The molecular weight excluding hydrogens is 321 g/mol. The van der Waals surface area contributed by atoms with Gasteiger partial charge in [-0.05, 0) is 31.5 Å². The number of nitrogens with zero attached hydrogens (tertiary/aromatic N) is 2. The molecule has 4 nitrogen and oxygen atoms in total. The van der Waals surface area contributed by atoms with E-state index >= 15 is 0 Å². The number of piperazine rings is 1. The molecule has 0 bridgehead atoms. The standard InChI is InChI=1S/C16H24ClN3O.ClH/c1-12-10-18-8-9-20(12)11-16(21)19(3)13(2)14-4-6-15(17)7-5-14;/h4-7,12-13,18H,8-11H2,1-3H3;1H/t12-,13?;/m0./s1. The summed E-state index contributed by atoms with van der Waals surface area (Å²) >= 11 is 5.91. The zero-order valence-corrected chi connectivity index (χ0v) is 15.0. The van der Waals surface area contributed by atoms with Crippen LogP contribution in [0.15, 0.2) is 24.3 Å². The van der Waals surface area contributed by atoms with Gasteiger partial charge in [0.15, 0.2) is 0 Å². The molecule has 2 atom stereocenters. The van der Waals surface area contributed by atoms with Crippen molar-refractivity contribution < 1.29 is 4.79 Å². The van der Waals surface area contributed by atoms with Crippen LogP contribution < -0.4 is 5.32 Å². The van der Waals surface area contributed by atoms with Gasteiger partial charge < -0.3 is 10.2 Å². The first-order valence-electron chi connectivity index (χ1n) is 7.45. The molecule has 2 rings (SSSR count).